The summed E-state index contributed by atoms with van der Waals surface area (Å²) in [5, 5.41) is 0. The second-order valence-corrected chi connectivity index (χ2v) is 64.6. The second kappa shape index (κ2) is 33.2. The zero-order valence-electron chi connectivity index (χ0n) is 28.2. The second-order valence-electron chi connectivity index (χ2n) is 12.3. The maximum atomic E-state index is 6.73. The van der Waals surface area contributed by atoms with E-state index in [-0.39, 0.29) is 68.1 Å². The Morgan fingerprint density at radius 2 is 0.568 bits per heavy atom. The minimum atomic E-state index is -2.03. The van der Waals surface area contributed by atoms with Crippen molar-refractivity contribution in [1.29, 1.82) is 0 Å². The summed E-state index contributed by atoms with van der Waals surface area (Å²) in [6.45, 7) is 42.5. The van der Waals surface area contributed by atoms with Crippen molar-refractivity contribution in [2.24, 2.45) is 0 Å². The monoisotopic (exact) mass is 1220 g/mol. The van der Waals surface area contributed by atoms with Crippen LogP contribution in [0.1, 0.15) is 132 Å². The van der Waals surface area contributed by atoms with Gasteiger partial charge >= 0.3 is 308 Å². The van der Waals surface area contributed by atoms with Gasteiger partial charge in [0.25, 0.3) is 0 Å². The van der Waals surface area contributed by atoms with Gasteiger partial charge in [0.15, 0.2) is 0 Å². The van der Waals surface area contributed by atoms with Gasteiger partial charge in [0, 0.05) is 0 Å². The summed E-state index contributed by atoms with van der Waals surface area (Å²) in [7, 11) is 6.73. The van der Waals surface area contributed by atoms with Gasteiger partial charge in [-0.3, -0.25) is 0 Å². The molecule has 0 nitrogen and oxygen atoms in total. The number of hydrogen-bond acceptors (Lipinski definition) is 0. The molecule has 0 N–H and O–H groups in total. The summed E-state index contributed by atoms with van der Waals surface area (Å²) in [4.78, 5) is 0. The molecule has 37 heavy (non-hydrogen) atoms. The molecule has 0 heterocycles. The molecule has 0 aliphatic rings. The molecule has 0 aliphatic heterocycles. The van der Waals surface area contributed by atoms with Gasteiger partial charge in [0.2, 0.25) is 0 Å². The molecule has 9 heteroatoms. The van der Waals surface area contributed by atoms with Crippen molar-refractivity contribution in [2.75, 3.05) is 0 Å². The van der Waals surface area contributed by atoms with E-state index in [9.17, 15) is 0 Å². The van der Waals surface area contributed by atoms with Gasteiger partial charge in [-0.15, -0.1) is 0 Å². The first-order valence-electron chi connectivity index (χ1n) is 13.5. The first-order chi connectivity index (χ1) is 15.2. The van der Waals surface area contributed by atoms with Crippen LogP contribution in [-0.2, 0) is 0 Å². The molecule has 0 bridgehead atoms. The Morgan fingerprint density at radius 3 is 0.568 bits per heavy atom. The van der Waals surface area contributed by atoms with Crippen LogP contribution in [0.25, 0.3) is 0 Å². The summed E-state index contributed by atoms with van der Waals surface area (Å²) in [6.07, 6.45) is 0. The fraction of sp³-hybridized carbons (Fsp3) is 1.00. The van der Waals surface area contributed by atoms with E-state index < -0.39 is 41.0 Å². The van der Waals surface area contributed by atoms with Crippen LogP contribution in [0.5, 0.6) is 0 Å². The van der Waals surface area contributed by atoms with Crippen LogP contribution >= 0.6 is 38.6 Å². The summed E-state index contributed by atoms with van der Waals surface area (Å²) in [5.41, 5.74) is 0. The van der Waals surface area contributed by atoms with Gasteiger partial charge in [-0.05, 0) is 0 Å². The average molecular weight is 1210 g/mol. The molecule has 0 aromatic rings. The van der Waals surface area contributed by atoms with Crippen molar-refractivity contribution in [1.82, 2.24) is 0 Å². The van der Waals surface area contributed by atoms with E-state index in [1.54, 1.807) is 0 Å². The maximum absolute atomic E-state index is 6.73. The molecular weight excluding hydrogens is 1140 g/mol. The Balaban J connectivity index is -0.0000000666. The standard InChI is InChI=1S/C9H21ClGe.2C9H21Ge.CH4.2GeH3.2HI.Sm/c1-7(2)11(10,8(3)4)9(5)6;2*1-7(2)10(8(3)4)9(5)6;;;;;;/h7-9H,1-6H3;2*7-9H,1-6H3;1H4;2*1H3;2*1H;/q;;;;;;;;+2/p-2. The predicted octanol–water partition coefficient (Wildman–Crippen LogP) is 11.9. The van der Waals surface area contributed by atoms with Crippen LogP contribution in [0.15, 0.2) is 0 Å². The Hall–Kier alpha value is 5.80. The van der Waals surface area contributed by atoms with Crippen LogP contribution < -0.4 is 0 Å². The molecule has 0 amide bonds. The van der Waals surface area contributed by atoms with Gasteiger partial charge in [-0.25, -0.2) is 0 Å². The van der Waals surface area contributed by atoms with Crippen LogP contribution in [-0.4, -0.2) is 76.2 Å². The molecule has 0 saturated heterocycles. The van der Waals surface area contributed by atoms with Crippen molar-refractivity contribution in [3.63, 3.8) is 0 Å². The third-order valence-electron chi connectivity index (χ3n) is 6.65. The van der Waals surface area contributed by atoms with Gasteiger partial charge in [-0.2, -0.15) is 0 Å². The number of rotatable bonds is 9. The zero-order valence-corrected chi connectivity index (χ0v) is 50.6. The summed E-state index contributed by atoms with van der Waals surface area (Å²) in [6, 6.07) is 0. The van der Waals surface area contributed by atoms with Crippen LogP contribution in [0, 0.1) is 25.5 Å². The molecule has 0 saturated carbocycles. The van der Waals surface area contributed by atoms with E-state index >= 15 is 0 Å². The normalized spacial score (nSPS) is 11.4. The molecule has 0 aliphatic carbocycles. The molecule has 0 atom stereocenters. The SMILES string of the molecule is C.C[CH](C)[Ge]([CH](C)C)[CH](C)C.C[CH](C)[Ge]([CH](C)C)[CH](C)C.C[CH](C)[Ge]([Cl])([CH](C)C)[CH](C)C.[GeH3].[GeH3].[I][Sm][I]. The van der Waals surface area contributed by atoms with Crippen molar-refractivity contribution in [3.8, 4) is 0 Å². The third-order valence-corrected chi connectivity index (χ3v) is 41.4. The predicted molar refractivity (Wildman–Crippen MR) is 214 cm³/mol. The van der Waals surface area contributed by atoms with E-state index in [1.807, 2.05) is 0 Å². The van der Waals surface area contributed by atoms with E-state index in [4.69, 9.17) is 10.0 Å². The fourth-order valence-electron chi connectivity index (χ4n) is 6.00. The minimum absolute atomic E-state index is 0. The van der Waals surface area contributed by atoms with Crippen molar-refractivity contribution >= 4 is 115 Å². The fourth-order valence-corrected chi connectivity index (χ4v) is 31.2. The van der Waals surface area contributed by atoms with Gasteiger partial charge in [0.05, 0.1) is 0 Å². The van der Waals surface area contributed by atoms with E-state index in [0.717, 1.165) is 42.8 Å². The van der Waals surface area contributed by atoms with Crippen molar-refractivity contribution < 1.29 is 25.5 Å². The van der Waals surface area contributed by atoms with Crippen molar-refractivity contribution in [2.45, 2.75) is 175 Å². The molecule has 0 spiro atoms. The molecule has 0 aromatic carbocycles. The first-order valence-corrected chi connectivity index (χ1v) is 42.2. The van der Waals surface area contributed by atoms with Gasteiger partial charge in [0.1, 0.15) is 0 Å². The van der Waals surface area contributed by atoms with Gasteiger partial charge in [-0.1, -0.05) is 7.43 Å². The molecule has 0 unspecified atom stereocenters. The quantitative estimate of drug-likeness (QED) is 0.159. The Kier molecular flexibility index (Phi) is 52.3. The number of halogens is 3. The van der Waals surface area contributed by atoms with E-state index in [1.165, 1.54) is 0 Å². The summed E-state index contributed by atoms with van der Waals surface area (Å²) in [5.74, 6) is 0. The molecule has 232 valence electrons. The molecule has 4 radical (unpaired) electrons. The summed E-state index contributed by atoms with van der Waals surface area (Å²) < 4.78 is 8.20. The molecular formula is C28H73ClGe5I2Sm. The van der Waals surface area contributed by atoms with E-state index in [2.05, 4.69) is 153 Å². The first kappa shape index (κ1) is 58.4. The molecule has 0 aromatic heterocycles. The van der Waals surface area contributed by atoms with Crippen molar-refractivity contribution in [3.05, 3.63) is 0 Å². The summed E-state index contributed by atoms with van der Waals surface area (Å²) >= 11 is 1.60. The molecule has 0 fully saturated rings. The van der Waals surface area contributed by atoms with Crippen LogP contribution in [0.2, 0.25) is 42.8 Å². The average Bonchev–Trinajstić information content (AvgIpc) is 2.59. The zero-order chi connectivity index (χ0) is 28.6. The Labute approximate surface area is 309 Å². The molecule has 0 rings (SSSR count). The third kappa shape index (κ3) is 29.0. The Morgan fingerprint density at radius 1 is 0.459 bits per heavy atom. The topological polar surface area (TPSA) is 0 Å². The van der Waals surface area contributed by atoms with Crippen LogP contribution in [0.3, 0.4) is 0 Å². The van der Waals surface area contributed by atoms with E-state index in [0.29, 0.717) is 0 Å². The Bertz CT molecular complexity index is 366. The number of hydrogen-bond donors (Lipinski definition) is 0. The van der Waals surface area contributed by atoms with Crippen LogP contribution in [0.4, 0.5) is 0 Å². The van der Waals surface area contributed by atoms with Gasteiger partial charge < -0.3 is 0 Å².